The molecule has 0 unspecified atom stereocenters. The van der Waals surface area contributed by atoms with Crippen LogP contribution in [0.15, 0.2) is 17.0 Å². The van der Waals surface area contributed by atoms with Crippen molar-refractivity contribution in [1.82, 2.24) is 9.62 Å². The summed E-state index contributed by atoms with van der Waals surface area (Å²) in [7, 11) is -1.51. The Morgan fingerprint density at radius 1 is 1.33 bits per heavy atom. The summed E-state index contributed by atoms with van der Waals surface area (Å²) in [5.41, 5.74) is 2.22. The molecule has 0 spiro atoms. The van der Waals surface area contributed by atoms with Gasteiger partial charge in [-0.1, -0.05) is 6.07 Å². The predicted molar refractivity (Wildman–Crippen MR) is 82.7 cm³/mol. The van der Waals surface area contributed by atoms with E-state index in [0.29, 0.717) is 24.7 Å². The molecule has 2 rings (SSSR count). The molecule has 0 atom stereocenters. The molecule has 118 valence electrons. The van der Waals surface area contributed by atoms with Crippen molar-refractivity contribution in [3.63, 3.8) is 0 Å². The predicted octanol–water partition coefficient (Wildman–Crippen LogP) is 1.17. The highest BCUT2D eigenvalue weighted by Gasteiger charge is 2.26. The van der Waals surface area contributed by atoms with Crippen molar-refractivity contribution >= 4 is 10.0 Å². The number of aliphatic hydroxyl groups is 1. The van der Waals surface area contributed by atoms with Crippen LogP contribution in [0.4, 0.5) is 0 Å². The molecule has 1 aliphatic rings. The molecule has 1 fully saturated rings. The lowest BCUT2D eigenvalue weighted by Gasteiger charge is -2.17. The van der Waals surface area contributed by atoms with Gasteiger partial charge in [-0.3, -0.25) is 0 Å². The van der Waals surface area contributed by atoms with Crippen LogP contribution in [0.1, 0.15) is 29.5 Å². The molecule has 0 saturated heterocycles. The lowest BCUT2D eigenvalue weighted by atomic mass is 10.1. The molecule has 6 heteroatoms. The molecule has 2 N–H and O–H groups in total. The number of benzene rings is 1. The zero-order valence-electron chi connectivity index (χ0n) is 12.9. The van der Waals surface area contributed by atoms with Crippen molar-refractivity contribution in [2.45, 2.75) is 44.2 Å². The Labute approximate surface area is 127 Å². The number of aliphatic hydroxyl groups excluding tert-OH is 1. The first-order valence-corrected chi connectivity index (χ1v) is 8.74. The van der Waals surface area contributed by atoms with Crippen molar-refractivity contribution < 1.29 is 13.5 Å². The fraction of sp³-hybridized carbons (Fsp3) is 0.600. The fourth-order valence-corrected chi connectivity index (χ4v) is 3.79. The third-order valence-corrected chi connectivity index (χ3v) is 5.67. The Balaban J connectivity index is 2.09. The van der Waals surface area contributed by atoms with Crippen molar-refractivity contribution in [3.8, 4) is 0 Å². The van der Waals surface area contributed by atoms with Crippen LogP contribution in [0.5, 0.6) is 0 Å². The van der Waals surface area contributed by atoms with Crippen LogP contribution in [0.2, 0.25) is 0 Å². The molecule has 0 aromatic heterocycles. The van der Waals surface area contributed by atoms with Crippen LogP contribution in [-0.2, 0) is 16.6 Å². The minimum absolute atomic E-state index is 0.159. The van der Waals surface area contributed by atoms with Crippen molar-refractivity contribution in [2.75, 3.05) is 20.1 Å². The van der Waals surface area contributed by atoms with Crippen LogP contribution < -0.4 is 4.72 Å². The number of rotatable bonds is 7. The SMILES string of the molecule is Cc1cc(CO)cc(S(=O)(=O)NCCN(C)C2CC2)c1C. The maximum atomic E-state index is 12.4. The highest BCUT2D eigenvalue weighted by Crippen LogP contribution is 2.25. The van der Waals surface area contributed by atoms with Crippen LogP contribution in [-0.4, -0.2) is 44.6 Å². The monoisotopic (exact) mass is 312 g/mol. The first-order chi connectivity index (χ1) is 9.85. The van der Waals surface area contributed by atoms with Gasteiger partial charge >= 0.3 is 0 Å². The first kappa shape index (κ1) is 16.4. The van der Waals surface area contributed by atoms with E-state index >= 15 is 0 Å². The van der Waals surface area contributed by atoms with E-state index in [1.165, 1.54) is 12.8 Å². The molecule has 1 saturated carbocycles. The van der Waals surface area contributed by atoms with Crippen molar-refractivity contribution in [3.05, 3.63) is 28.8 Å². The van der Waals surface area contributed by atoms with Crippen LogP contribution in [0.25, 0.3) is 0 Å². The van der Waals surface area contributed by atoms with Gasteiger partial charge in [0.25, 0.3) is 0 Å². The maximum absolute atomic E-state index is 12.4. The summed E-state index contributed by atoms with van der Waals surface area (Å²) in [6.45, 7) is 4.60. The van der Waals surface area contributed by atoms with Crippen molar-refractivity contribution in [2.24, 2.45) is 0 Å². The molecule has 1 aliphatic carbocycles. The number of nitrogens with one attached hydrogen (secondary N) is 1. The Morgan fingerprint density at radius 2 is 2.00 bits per heavy atom. The average Bonchev–Trinajstić information content (AvgIpc) is 3.25. The van der Waals surface area contributed by atoms with E-state index in [1.54, 1.807) is 13.0 Å². The number of sulfonamides is 1. The molecule has 5 nitrogen and oxygen atoms in total. The summed E-state index contributed by atoms with van der Waals surface area (Å²) >= 11 is 0. The summed E-state index contributed by atoms with van der Waals surface area (Å²) in [6, 6.07) is 3.99. The fourth-order valence-electron chi connectivity index (χ4n) is 2.40. The molecule has 0 radical (unpaired) electrons. The molecule has 0 bridgehead atoms. The molecule has 1 aromatic carbocycles. The molecular weight excluding hydrogens is 288 g/mol. The van der Waals surface area contributed by atoms with Crippen LogP contribution in [0, 0.1) is 13.8 Å². The normalized spacial score (nSPS) is 15.7. The second-order valence-corrected chi connectivity index (χ2v) is 7.54. The van der Waals surface area contributed by atoms with E-state index in [9.17, 15) is 13.5 Å². The molecule has 0 aliphatic heterocycles. The average molecular weight is 312 g/mol. The second-order valence-electron chi connectivity index (χ2n) is 5.80. The van der Waals surface area contributed by atoms with Crippen LogP contribution in [0.3, 0.4) is 0 Å². The summed E-state index contributed by atoms with van der Waals surface area (Å²) in [6.07, 6.45) is 2.42. The van der Waals surface area contributed by atoms with Gasteiger partial charge in [0.2, 0.25) is 10.0 Å². The quantitative estimate of drug-likeness (QED) is 0.793. The number of hydrogen-bond donors (Lipinski definition) is 2. The van der Waals surface area contributed by atoms with Gasteiger partial charge in [0.05, 0.1) is 11.5 Å². The first-order valence-electron chi connectivity index (χ1n) is 7.26. The number of hydrogen-bond acceptors (Lipinski definition) is 4. The highest BCUT2D eigenvalue weighted by atomic mass is 32.2. The zero-order valence-corrected chi connectivity index (χ0v) is 13.7. The van der Waals surface area contributed by atoms with Crippen molar-refractivity contribution in [1.29, 1.82) is 0 Å². The molecule has 21 heavy (non-hydrogen) atoms. The molecule has 0 amide bonds. The summed E-state index contributed by atoms with van der Waals surface area (Å²) < 4.78 is 27.5. The lowest BCUT2D eigenvalue weighted by Crippen LogP contribution is -2.34. The largest absolute Gasteiger partial charge is 0.392 e. The third kappa shape index (κ3) is 4.03. The summed E-state index contributed by atoms with van der Waals surface area (Å²) in [5.74, 6) is 0. The van der Waals surface area contributed by atoms with Gasteiger partial charge in [-0.05, 0) is 56.5 Å². The summed E-state index contributed by atoms with van der Waals surface area (Å²) in [4.78, 5) is 2.45. The van der Waals surface area contributed by atoms with E-state index in [1.807, 2.05) is 20.0 Å². The van der Waals surface area contributed by atoms with Gasteiger partial charge in [-0.2, -0.15) is 0 Å². The van der Waals surface area contributed by atoms with E-state index < -0.39 is 10.0 Å². The van der Waals surface area contributed by atoms with Gasteiger partial charge in [0, 0.05) is 19.1 Å². The van der Waals surface area contributed by atoms with Gasteiger partial charge in [0.1, 0.15) is 0 Å². The Morgan fingerprint density at radius 3 is 2.57 bits per heavy atom. The van der Waals surface area contributed by atoms with Gasteiger partial charge in [-0.15, -0.1) is 0 Å². The van der Waals surface area contributed by atoms with Gasteiger partial charge in [0.15, 0.2) is 0 Å². The number of aryl methyl sites for hydroxylation is 1. The van der Waals surface area contributed by atoms with E-state index in [4.69, 9.17) is 0 Å². The van der Waals surface area contributed by atoms with Crippen LogP contribution >= 0.6 is 0 Å². The van der Waals surface area contributed by atoms with E-state index in [0.717, 1.165) is 11.1 Å². The lowest BCUT2D eigenvalue weighted by molar-refractivity contribution is 0.281. The van der Waals surface area contributed by atoms with E-state index in [2.05, 4.69) is 9.62 Å². The number of likely N-dealkylation sites (N-methyl/N-ethyl adjacent to an activating group) is 1. The zero-order chi connectivity index (χ0) is 15.6. The minimum Gasteiger partial charge on any atom is -0.392 e. The molecule has 0 heterocycles. The van der Waals surface area contributed by atoms with Gasteiger partial charge in [-0.25, -0.2) is 13.1 Å². The standard InChI is InChI=1S/C15H24N2O3S/c1-11-8-13(10-18)9-15(12(11)2)21(19,20)16-6-7-17(3)14-4-5-14/h8-9,14,16,18H,4-7,10H2,1-3H3. The Bertz CT molecular complexity index is 610. The summed E-state index contributed by atoms with van der Waals surface area (Å²) in [5, 5.41) is 9.24. The van der Waals surface area contributed by atoms with Gasteiger partial charge < -0.3 is 10.0 Å². The smallest absolute Gasteiger partial charge is 0.240 e. The highest BCUT2D eigenvalue weighted by molar-refractivity contribution is 7.89. The minimum atomic E-state index is -3.53. The Hall–Kier alpha value is -0.950. The second kappa shape index (κ2) is 6.44. The Kier molecular flexibility index (Phi) is 5.03. The maximum Gasteiger partial charge on any atom is 0.240 e. The van der Waals surface area contributed by atoms with E-state index in [-0.39, 0.29) is 11.5 Å². The third-order valence-electron chi connectivity index (χ3n) is 4.08. The number of nitrogens with zero attached hydrogens (tertiary/aromatic N) is 1. The molecular formula is C15H24N2O3S. The molecule has 1 aromatic rings. The topological polar surface area (TPSA) is 69.6 Å².